The van der Waals surface area contributed by atoms with Crippen molar-refractivity contribution in [1.82, 2.24) is 0 Å². The van der Waals surface area contributed by atoms with Gasteiger partial charge in [-0.05, 0) is 6.07 Å². The smallest absolute Gasteiger partial charge is 0.272 e. The van der Waals surface area contributed by atoms with Gasteiger partial charge in [-0.25, -0.2) is 0 Å². The standard InChI is InChI=1S/C9H13O6PS/c1-14-9-5-3-2-4-8(9)6-17(12,13)15-7-16(10)11/h2-5,16H,6-7H2,1H3,(H,10,11). The lowest BCUT2D eigenvalue weighted by molar-refractivity contribution is 0.353. The third-order valence-electron chi connectivity index (χ3n) is 1.89. The maximum atomic E-state index is 11.5. The van der Waals surface area contributed by atoms with Crippen molar-refractivity contribution in [2.75, 3.05) is 13.5 Å². The molecule has 0 aliphatic heterocycles. The zero-order chi connectivity index (χ0) is 12.9. The molecule has 1 rings (SSSR count). The number of hydrogen-bond donors (Lipinski definition) is 1. The van der Waals surface area contributed by atoms with Gasteiger partial charge in [-0.1, -0.05) is 18.2 Å². The first-order chi connectivity index (χ1) is 7.94. The van der Waals surface area contributed by atoms with E-state index in [9.17, 15) is 13.0 Å². The Labute approximate surface area is 100 Å². The molecular formula is C9H13O6PS. The number of benzene rings is 1. The summed E-state index contributed by atoms with van der Waals surface area (Å²) < 4.78 is 42.7. The Bertz CT molecular complexity index is 498. The molecule has 0 fully saturated rings. The van der Waals surface area contributed by atoms with Crippen molar-refractivity contribution in [2.24, 2.45) is 0 Å². The number of rotatable bonds is 6. The van der Waals surface area contributed by atoms with Gasteiger partial charge in [0.25, 0.3) is 10.1 Å². The van der Waals surface area contributed by atoms with Gasteiger partial charge in [-0.2, -0.15) is 8.42 Å². The second-order valence-corrected chi connectivity index (χ2v) is 5.89. The summed E-state index contributed by atoms with van der Waals surface area (Å²) in [7, 11) is -5.40. The monoisotopic (exact) mass is 280 g/mol. The highest BCUT2D eigenvalue weighted by Gasteiger charge is 2.16. The Morgan fingerprint density at radius 3 is 2.59 bits per heavy atom. The highest BCUT2D eigenvalue weighted by molar-refractivity contribution is 7.86. The van der Waals surface area contributed by atoms with Crippen LogP contribution in [0.15, 0.2) is 24.3 Å². The van der Waals surface area contributed by atoms with Crippen LogP contribution in [0.3, 0.4) is 0 Å². The van der Waals surface area contributed by atoms with Gasteiger partial charge >= 0.3 is 0 Å². The zero-order valence-electron chi connectivity index (χ0n) is 9.12. The van der Waals surface area contributed by atoms with Crippen molar-refractivity contribution < 1.29 is 26.8 Å². The fourth-order valence-corrected chi connectivity index (χ4v) is 3.02. The van der Waals surface area contributed by atoms with Crippen LogP contribution in [0, 0.1) is 0 Å². The molecule has 0 radical (unpaired) electrons. The zero-order valence-corrected chi connectivity index (χ0v) is 10.9. The average molecular weight is 280 g/mol. The lowest BCUT2D eigenvalue weighted by atomic mass is 10.2. The predicted octanol–water partition coefficient (Wildman–Crippen LogP) is 0.966. The third kappa shape index (κ3) is 4.87. The van der Waals surface area contributed by atoms with Gasteiger partial charge in [-0.3, -0.25) is 8.75 Å². The molecule has 1 N–H and O–H groups in total. The van der Waals surface area contributed by atoms with Crippen LogP contribution in [0.4, 0.5) is 0 Å². The van der Waals surface area contributed by atoms with Crippen LogP contribution in [0.25, 0.3) is 0 Å². The SMILES string of the molecule is COc1ccccc1CS(=O)(=O)OC[PH](=O)O. The number of para-hydroxylation sites is 1. The van der Waals surface area contributed by atoms with Crippen molar-refractivity contribution in [2.45, 2.75) is 5.75 Å². The highest BCUT2D eigenvalue weighted by atomic mass is 32.2. The molecule has 0 aliphatic carbocycles. The van der Waals surface area contributed by atoms with Gasteiger partial charge in [0.05, 0.1) is 7.11 Å². The molecule has 1 aromatic carbocycles. The number of ether oxygens (including phenoxy) is 1. The minimum Gasteiger partial charge on any atom is -0.496 e. The number of hydrogen-bond acceptors (Lipinski definition) is 5. The van der Waals surface area contributed by atoms with Gasteiger partial charge in [0, 0.05) is 5.56 Å². The molecule has 0 heterocycles. The summed E-state index contributed by atoms with van der Waals surface area (Å²) in [5.41, 5.74) is 0.438. The van der Waals surface area contributed by atoms with E-state index in [1.165, 1.54) is 7.11 Å². The van der Waals surface area contributed by atoms with E-state index in [-0.39, 0.29) is 0 Å². The van der Waals surface area contributed by atoms with Crippen LogP contribution < -0.4 is 4.74 Å². The second-order valence-electron chi connectivity index (χ2n) is 3.17. The quantitative estimate of drug-likeness (QED) is 0.616. The van der Waals surface area contributed by atoms with Crippen molar-refractivity contribution in [1.29, 1.82) is 0 Å². The summed E-state index contributed by atoms with van der Waals surface area (Å²) in [6, 6.07) is 6.59. The summed E-state index contributed by atoms with van der Waals surface area (Å²) in [4.78, 5) is 8.51. The molecule has 0 saturated carbocycles. The third-order valence-corrected chi connectivity index (χ3v) is 3.63. The molecule has 0 spiro atoms. The molecule has 0 saturated heterocycles. The maximum Gasteiger partial charge on any atom is 0.272 e. The fraction of sp³-hybridized carbons (Fsp3) is 0.333. The highest BCUT2D eigenvalue weighted by Crippen LogP contribution is 2.22. The molecule has 1 atom stereocenters. The van der Waals surface area contributed by atoms with E-state index in [1.54, 1.807) is 24.3 Å². The lowest BCUT2D eigenvalue weighted by Crippen LogP contribution is -2.09. The largest absolute Gasteiger partial charge is 0.496 e. The van der Waals surface area contributed by atoms with E-state index < -0.39 is 30.2 Å². The van der Waals surface area contributed by atoms with Crippen LogP contribution in [0.1, 0.15) is 5.56 Å². The average Bonchev–Trinajstić information content (AvgIpc) is 2.27. The Morgan fingerprint density at radius 1 is 1.35 bits per heavy atom. The molecule has 17 heavy (non-hydrogen) atoms. The minimum absolute atomic E-state index is 0.397. The first-order valence-corrected chi connectivity index (χ1v) is 7.79. The topological polar surface area (TPSA) is 89.9 Å². The van der Waals surface area contributed by atoms with E-state index >= 15 is 0 Å². The van der Waals surface area contributed by atoms with Crippen molar-refractivity contribution in [3.63, 3.8) is 0 Å². The second kappa shape index (κ2) is 6.16. The molecule has 96 valence electrons. The summed E-state index contributed by atoms with van der Waals surface area (Å²) in [6.07, 6.45) is -0.692. The summed E-state index contributed by atoms with van der Waals surface area (Å²) in [5.74, 6) is 0.0305. The van der Waals surface area contributed by atoms with Gasteiger partial charge < -0.3 is 9.63 Å². The van der Waals surface area contributed by atoms with Crippen LogP contribution in [-0.4, -0.2) is 26.8 Å². The molecule has 0 aromatic heterocycles. The van der Waals surface area contributed by atoms with Gasteiger partial charge in [0.2, 0.25) is 8.03 Å². The first-order valence-electron chi connectivity index (χ1n) is 4.65. The van der Waals surface area contributed by atoms with Crippen LogP contribution >= 0.6 is 8.03 Å². The van der Waals surface area contributed by atoms with E-state index in [0.29, 0.717) is 11.3 Å². The molecule has 0 aliphatic rings. The van der Waals surface area contributed by atoms with Crippen molar-refractivity contribution in [3.05, 3.63) is 29.8 Å². The molecule has 1 aromatic rings. The first kappa shape index (κ1) is 14.2. The molecule has 0 amide bonds. The van der Waals surface area contributed by atoms with Crippen molar-refractivity contribution in [3.8, 4) is 5.75 Å². The molecule has 8 heteroatoms. The molecule has 0 bridgehead atoms. The molecule has 6 nitrogen and oxygen atoms in total. The van der Waals surface area contributed by atoms with E-state index in [0.717, 1.165) is 0 Å². The summed E-state index contributed by atoms with van der Waals surface area (Å²) >= 11 is 0. The van der Waals surface area contributed by atoms with E-state index in [4.69, 9.17) is 9.63 Å². The Balaban J connectivity index is 2.79. The van der Waals surface area contributed by atoms with Gasteiger partial charge in [0.1, 0.15) is 17.9 Å². The van der Waals surface area contributed by atoms with Crippen LogP contribution in [0.2, 0.25) is 0 Å². The van der Waals surface area contributed by atoms with Crippen LogP contribution in [0.5, 0.6) is 5.75 Å². The predicted molar refractivity (Wildman–Crippen MR) is 62.8 cm³/mol. The Hall–Kier alpha value is -0.880. The Morgan fingerprint density at radius 2 is 2.00 bits per heavy atom. The molecule has 1 unspecified atom stereocenters. The van der Waals surface area contributed by atoms with Gasteiger partial charge in [-0.15, -0.1) is 0 Å². The molecular weight excluding hydrogens is 267 g/mol. The summed E-state index contributed by atoms with van der Waals surface area (Å²) in [5, 5.41) is 0. The van der Waals surface area contributed by atoms with Gasteiger partial charge in [0.15, 0.2) is 0 Å². The van der Waals surface area contributed by atoms with Crippen LogP contribution in [-0.2, 0) is 24.6 Å². The normalized spacial score (nSPS) is 13.3. The maximum absolute atomic E-state index is 11.5. The Kier molecular flexibility index (Phi) is 5.14. The summed E-state index contributed by atoms with van der Waals surface area (Å²) in [6.45, 7) is 0. The minimum atomic E-state index is -3.88. The lowest BCUT2D eigenvalue weighted by Gasteiger charge is -2.08. The number of methoxy groups -OCH3 is 1. The van der Waals surface area contributed by atoms with E-state index in [1.807, 2.05) is 0 Å². The fourth-order valence-electron chi connectivity index (χ4n) is 1.19. The van der Waals surface area contributed by atoms with E-state index in [2.05, 4.69) is 4.18 Å². The van der Waals surface area contributed by atoms with Crippen molar-refractivity contribution >= 4 is 18.1 Å².